The summed E-state index contributed by atoms with van der Waals surface area (Å²) in [4.78, 5) is 11.3. The van der Waals surface area contributed by atoms with E-state index in [4.69, 9.17) is 4.74 Å². The molecule has 0 aromatic heterocycles. The van der Waals surface area contributed by atoms with E-state index in [0.717, 1.165) is 19.3 Å². The highest BCUT2D eigenvalue weighted by Crippen LogP contribution is 2.04. The zero-order valence-electron chi connectivity index (χ0n) is 8.43. The lowest BCUT2D eigenvalue weighted by atomic mass is 10.1. The third-order valence-corrected chi connectivity index (χ3v) is 1.90. The lowest BCUT2D eigenvalue weighted by molar-refractivity contribution is -0.129. The Labute approximate surface area is 75.3 Å². The van der Waals surface area contributed by atoms with Gasteiger partial charge in [-0.25, -0.2) is 0 Å². The monoisotopic (exact) mass is 172 g/mol. The Morgan fingerprint density at radius 2 is 2.00 bits per heavy atom. The summed E-state index contributed by atoms with van der Waals surface area (Å²) in [5, 5.41) is 0. The van der Waals surface area contributed by atoms with Crippen molar-refractivity contribution in [1.29, 1.82) is 0 Å². The van der Waals surface area contributed by atoms with Gasteiger partial charge < -0.3 is 4.74 Å². The lowest BCUT2D eigenvalue weighted by Gasteiger charge is -2.09. The molecule has 0 saturated carbocycles. The SMILES string of the molecule is CCCCCC(=O)C(C)OCC. The molecule has 0 amide bonds. The van der Waals surface area contributed by atoms with Crippen LogP contribution < -0.4 is 0 Å². The van der Waals surface area contributed by atoms with Gasteiger partial charge in [-0.2, -0.15) is 0 Å². The second-order valence-electron chi connectivity index (χ2n) is 3.02. The third-order valence-electron chi connectivity index (χ3n) is 1.90. The molecule has 0 bridgehead atoms. The maximum absolute atomic E-state index is 11.3. The number of ether oxygens (including phenoxy) is 1. The minimum atomic E-state index is -0.202. The van der Waals surface area contributed by atoms with Crippen molar-refractivity contribution in [2.75, 3.05) is 6.61 Å². The summed E-state index contributed by atoms with van der Waals surface area (Å²) in [7, 11) is 0. The van der Waals surface area contributed by atoms with Crippen molar-refractivity contribution in [2.45, 2.75) is 52.6 Å². The van der Waals surface area contributed by atoms with Crippen LogP contribution in [-0.4, -0.2) is 18.5 Å². The summed E-state index contributed by atoms with van der Waals surface area (Å²) in [5.74, 6) is 0.241. The molecule has 0 aliphatic rings. The Bertz CT molecular complexity index is 121. The van der Waals surface area contributed by atoms with Gasteiger partial charge in [0, 0.05) is 13.0 Å². The van der Waals surface area contributed by atoms with Crippen LogP contribution in [0.5, 0.6) is 0 Å². The number of carbonyl (C=O) groups excluding carboxylic acids is 1. The van der Waals surface area contributed by atoms with Crippen LogP contribution in [-0.2, 0) is 9.53 Å². The largest absolute Gasteiger partial charge is 0.371 e. The Balaban J connectivity index is 3.43. The van der Waals surface area contributed by atoms with Gasteiger partial charge in [-0.05, 0) is 20.3 Å². The van der Waals surface area contributed by atoms with Crippen LogP contribution in [0.2, 0.25) is 0 Å². The molecule has 0 N–H and O–H groups in total. The van der Waals surface area contributed by atoms with E-state index in [1.807, 2.05) is 13.8 Å². The first-order chi connectivity index (χ1) is 5.72. The number of Topliss-reactive ketones (excluding diaryl/α,β-unsaturated/α-hetero) is 1. The molecule has 0 aromatic rings. The molecule has 0 spiro atoms. The van der Waals surface area contributed by atoms with Gasteiger partial charge in [-0.15, -0.1) is 0 Å². The van der Waals surface area contributed by atoms with E-state index in [1.54, 1.807) is 0 Å². The molecule has 0 rings (SSSR count). The second-order valence-corrected chi connectivity index (χ2v) is 3.02. The van der Waals surface area contributed by atoms with E-state index < -0.39 is 0 Å². The van der Waals surface area contributed by atoms with Crippen LogP contribution in [0.15, 0.2) is 0 Å². The number of hydrogen-bond donors (Lipinski definition) is 0. The summed E-state index contributed by atoms with van der Waals surface area (Å²) >= 11 is 0. The first-order valence-electron chi connectivity index (χ1n) is 4.86. The summed E-state index contributed by atoms with van der Waals surface area (Å²) in [5.41, 5.74) is 0. The van der Waals surface area contributed by atoms with Crippen molar-refractivity contribution in [3.63, 3.8) is 0 Å². The van der Waals surface area contributed by atoms with Gasteiger partial charge in [0.15, 0.2) is 5.78 Å². The van der Waals surface area contributed by atoms with Crippen LogP contribution in [0, 0.1) is 0 Å². The van der Waals surface area contributed by atoms with Crippen molar-refractivity contribution in [1.82, 2.24) is 0 Å². The fraction of sp³-hybridized carbons (Fsp3) is 0.900. The van der Waals surface area contributed by atoms with Crippen molar-refractivity contribution in [3.8, 4) is 0 Å². The van der Waals surface area contributed by atoms with Crippen LogP contribution in [0.25, 0.3) is 0 Å². The molecule has 0 fully saturated rings. The lowest BCUT2D eigenvalue weighted by Crippen LogP contribution is -2.20. The smallest absolute Gasteiger partial charge is 0.161 e. The Kier molecular flexibility index (Phi) is 7.06. The van der Waals surface area contributed by atoms with E-state index >= 15 is 0 Å². The van der Waals surface area contributed by atoms with Crippen molar-refractivity contribution in [3.05, 3.63) is 0 Å². The summed E-state index contributed by atoms with van der Waals surface area (Å²) < 4.78 is 5.18. The molecular weight excluding hydrogens is 152 g/mol. The maximum Gasteiger partial charge on any atom is 0.161 e. The molecule has 72 valence electrons. The summed E-state index contributed by atoms with van der Waals surface area (Å²) in [6, 6.07) is 0. The Morgan fingerprint density at radius 3 is 2.50 bits per heavy atom. The van der Waals surface area contributed by atoms with Gasteiger partial charge in [-0.3, -0.25) is 4.79 Å². The number of unbranched alkanes of at least 4 members (excludes halogenated alkanes) is 2. The first kappa shape index (κ1) is 11.6. The molecule has 0 radical (unpaired) electrons. The molecule has 0 aromatic carbocycles. The van der Waals surface area contributed by atoms with Gasteiger partial charge in [0.1, 0.15) is 6.10 Å². The van der Waals surface area contributed by atoms with E-state index in [0.29, 0.717) is 13.0 Å². The second kappa shape index (κ2) is 7.29. The van der Waals surface area contributed by atoms with Crippen LogP contribution >= 0.6 is 0 Å². The molecule has 1 unspecified atom stereocenters. The number of ketones is 1. The van der Waals surface area contributed by atoms with Crippen LogP contribution in [0.1, 0.15) is 46.5 Å². The quantitative estimate of drug-likeness (QED) is 0.552. The molecule has 0 aliphatic carbocycles. The van der Waals surface area contributed by atoms with Gasteiger partial charge in [0.05, 0.1) is 0 Å². The van der Waals surface area contributed by atoms with Gasteiger partial charge in [0.2, 0.25) is 0 Å². The van der Waals surface area contributed by atoms with Gasteiger partial charge in [-0.1, -0.05) is 19.8 Å². The van der Waals surface area contributed by atoms with E-state index in [1.165, 1.54) is 0 Å². The van der Waals surface area contributed by atoms with Gasteiger partial charge >= 0.3 is 0 Å². The summed E-state index contributed by atoms with van der Waals surface area (Å²) in [6.45, 7) is 6.50. The normalized spacial score (nSPS) is 12.9. The van der Waals surface area contributed by atoms with E-state index in [9.17, 15) is 4.79 Å². The van der Waals surface area contributed by atoms with Crippen LogP contribution in [0.3, 0.4) is 0 Å². The zero-order chi connectivity index (χ0) is 9.40. The maximum atomic E-state index is 11.3. The average Bonchev–Trinajstić information content (AvgIpc) is 2.05. The minimum Gasteiger partial charge on any atom is -0.371 e. The first-order valence-corrected chi connectivity index (χ1v) is 4.86. The predicted molar refractivity (Wildman–Crippen MR) is 50.2 cm³/mol. The average molecular weight is 172 g/mol. The fourth-order valence-electron chi connectivity index (χ4n) is 1.10. The standard InChI is InChI=1S/C10H20O2/c1-4-6-7-8-10(11)9(3)12-5-2/h9H,4-8H2,1-3H3. The van der Waals surface area contributed by atoms with Crippen molar-refractivity contribution < 1.29 is 9.53 Å². The minimum absolute atomic E-state index is 0.202. The molecule has 0 heterocycles. The zero-order valence-corrected chi connectivity index (χ0v) is 8.43. The van der Waals surface area contributed by atoms with Crippen LogP contribution in [0.4, 0.5) is 0 Å². The highest BCUT2D eigenvalue weighted by molar-refractivity contribution is 5.82. The predicted octanol–water partition coefficient (Wildman–Crippen LogP) is 2.56. The molecule has 0 aliphatic heterocycles. The molecular formula is C10H20O2. The highest BCUT2D eigenvalue weighted by atomic mass is 16.5. The Hall–Kier alpha value is -0.370. The van der Waals surface area contributed by atoms with E-state index in [-0.39, 0.29) is 11.9 Å². The number of carbonyl (C=O) groups is 1. The molecule has 2 heteroatoms. The molecule has 12 heavy (non-hydrogen) atoms. The highest BCUT2D eigenvalue weighted by Gasteiger charge is 2.10. The molecule has 2 nitrogen and oxygen atoms in total. The van der Waals surface area contributed by atoms with Crippen molar-refractivity contribution >= 4 is 5.78 Å². The topological polar surface area (TPSA) is 26.3 Å². The summed E-state index contributed by atoms with van der Waals surface area (Å²) in [6.07, 6.45) is 3.79. The molecule has 0 saturated heterocycles. The molecule has 1 atom stereocenters. The van der Waals surface area contributed by atoms with E-state index in [2.05, 4.69) is 6.92 Å². The van der Waals surface area contributed by atoms with Crippen molar-refractivity contribution in [2.24, 2.45) is 0 Å². The third kappa shape index (κ3) is 5.30. The fourth-order valence-corrected chi connectivity index (χ4v) is 1.10. The Morgan fingerprint density at radius 1 is 1.33 bits per heavy atom. The van der Waals surface area contributed by atoms with Gasteiger partial charge in [0.25, 0.3) is 0 Å². The number of rotatable bonds is 7. The number of hydrogen-bond acceptors (Lipinski definition) is 2.